The second-order valence-corrected chi connectivity index (χ2v) is 9.97. The van der Waals surface area contributed by atoms with Crippen LogP contribution in [-0.4, -0.2) is 33.6 Å². The first-order chi connectivity index (χ1) is 14.2. The van der Waals surface area contributed by atoms with Crippen molar-refractivity contribution in [1.82, 2.24) is 10.0 Å². The quantitative estimate of drug-likeness (QED) is 0.540. The van der Waals surface area contributed by atoms with Gasteiger partial charge in [-0.3, -0.25) is 4.79 Å². The largest absolute Gasteiger partial charge is 0.490 e. The van der Waals surface area contributed by atoms with Gasteiger partial charge in [-0.1, -0.05) is 26.0 Å². The molecule has 9 heteroatoms. The topological polar surface area (TPSA) is 93.7 Å². The van der Waals surface area contributed by atoms with Crippen LogP contribution >= 0.6 is 11.3 Å². The van der Waals surface area contributed by atoms with Crippen LogP contribution in [-0.2, 0) is 14.8 Å². The lowest BCUT2D eigenvalue weighted by Crippen LogP contribution is -2.46. The van der Waals surface area contributed by atoms with Crippen LogP contribution in [0.5, 0.6) is 11.5 Å². The number of hydrogen-bond donors (Lipinski definition) is 2. The van der Waals surface area contributed by atoms with Gasteiger partial charge in [0.1, 0.15) is 4.21 Å². The molecule has 2 rings (SSSR count). The van der Waals surface area contributed by atoms with E-state index in [-0.39, 0.29) is 16.2 Å². The Kier molecular flexibility index (Phi) is 8.69. The molecule has 2 unspecified atom stereocenters. The summed E-state index contributed by atoms with van der Waals surface area (Å²) in [6.45, 7) is 10.3. The van der Waals surface area contributed by atoms with E-state index in [4.69, 9.17) is 9.47 Å². The van der Waals surface area contributed by atoms with Crippen LogP contribution in [0.25, 0.3) is 0 Å². The lowest BCUT2D eigenvalue weighted by atomic mass is 9.95. The normalized spacial score (nSPS) is 13.7. The van der Waals surface area contributed by atoms with Crippen LogP contribution in [0.1, 0.15) is 46.2 Å². The second-order valence-electron chi connectivity index (χ2n) is 7.08. The van der Waals surface area contributed by atoms with Crippen molar-refractivity contribution in [1.29, 1.82) is 0 Å². The number of hydrogen-bond acceptors (Lipinski definition) is 6. The molecule has 0 radical (unpaired) electrons. The van der Waals surface area contributed by atoms with Gasteiger partial charge in [0.05, 0.1) is 25.3 Å². The van der Waals surface area contributed by atoms with Gasteiger partial charge < -0.3 is 14.8 Å². The second kappa shape index (κ2) is 10.8. The van der Waals surface area contributed by atoms with Crippen molar-refractivity contribution in [3.05, 3.63) is 41.3 Å². The molecule has 0 spiro atoms. The third-order valence-electron chi connectivity index (χ3n) is 4.38. The summed E-state index contributed by atoms with van der Waals surface area (Å²) in [5, 5.41) is 4.64. The molecule has 1 aromatic heterocycles. The summed E-state index contributed by atoms with van der Waals surface area (Å²) in [4.78, 5) is 12.8. The molecule has 30 heavy (non-hydrogen) atoms. The van der Waals surface area contributed by atoms with Crippen molar-refractivity contribution < 1.29 is 22.7 Å². The summed E-state index contributed by atoms with van der Waals surface area (Å²) in [6, 6.07) is 7.49. The summed E-state index contributed by atoms with van der Waals surface area (Å²) >= 11 is 1.10. The van der Waals surface area contributed by atoms with Gasteiger partial charge in [-0.15, -0.1) is 11.3 Å². The zero-order chi connectivity index (χ0) is 22.3. The van der Waals surface area contributed by atoms with Crippen LogP contribution in [0.2, 0.25) is 0 Å². The van der Waals surface area contributed by atoms with Crippen LogP contribution in [0.3, 0.4) is 0 Å². The fourth-order valence-electron chi connectivity index (χ4n) is 2.94. The number of nitrogens with one attached hydrogen (secondary N) is 2. The molecule has 2 aromatic rings. The molecule has 2 atom stereocenters. The number of thiophene rings is 1. The number of amides is 1. The summed E-state index contributed by atoms with van der Waals surface area (Å²) in [7, 11) is -3.74. The molecule has 1 aromatic carbocycles. The summed E-state index contributed by atoms with van der Waals surface area (Å²) in [6.07, 6.45) is 0. The number of ether oxygens (including phenoxy) is 2. The van der Waals surface area contributed by atoms with E-state index in [1.807, 2.05) is 45.9 Å². The van der Waals surface area contributed by atoms with Gasteiger partial charge in [-0.2, -0.15) is 4.72 Å². The maximum atomic E-state index is 12.8. The average Bonchev–Trinajstić information content (AvgIpc) is 3.23. The van der Waals surface area contributed by atoms with Crippen LogP contribution in [0.4, 0.5) is 0 Å². The van der Waals surface area contributed by atoms with Gasteiger partial charge in [0.25, 0.3) is 10.0 Å². The highest BCUT2D eigenvalue weighted by Crippen LogP contribution is 2.33. The van der Waals surface area contributed by atoms with E-state index in [9.17, 15) is 13.2 Å². The molecule has 7 nitrogen and oxygen atoms in total. The van der Waals surface area contributed by atoms with Gasteiger partial charge in [-0.05, 0) is 55.8 Å². The zero-order valence-electron chi connectivity index (χ0n) is 18.0. The number of carbonyl (C=O) groups is 1. The molecule has 0 aliphatic heterocycles. The highest BCUT2D eigenvalue weighted by Gasteiger charge is 2.26. The third kappa shape index (κ3) is 6.20. The Labute approximate surface area is 182 Å². The Balaban J connectivity index is 2.18. The molecule has 0 aliphatic rings. The van der Waals surface area contributed by atoms with E-state index in [0.29, 0.717) is 24.7 Å². The van der Waals surface area contributed by atoms with Crippen molar-refractivity contribution in [2.45, 2.75) is 50.9 Å². The number of rotatable bonds is 11. The molecule has 1 heterocycles. The van der Waals surface area contributed by atoms with E-state index in [1.165, 1.54) is 13.0 Å². The maximum Gasteiger partial charge on any atom is 0.250 e. The van der Waals surface area contributed by atoms with E-state index < -0.39 is 22.0 Å². The third-order valence-corrected chi connectivity index (χ3v) is 7.31. The Morgan fingerprint density at radius 3 is 2.30 bits per heavy atom. The van der Waals surface area contributed by atoms with Crippen LogP contribution < -0.4 is 19.5 Å². The van der Waals surface area contributed by atoms with Gasteiger partial charge in [-0.25, -0.2) is 8.42 Å². The molecule has 0 saturated carbocycles. The first kappa shape index (κ1) is 24.2. The summed E-state index contributed by atoms with van der Waals surface area (Å²) in [5.74, 6) is 0.931. The van der Waals surface area contributed by atoms with Gasteiger partial charge in [0.15, 0.2) is 11.5 Å². The monoisotopic (exact) mass is 454 g/mol. The first-order valence-corrected chi connectivity index (χ1v) is 12.3. The predicted molar refractivity (Wildman–Crippen MR) is 119 cm³/mol. The molecule has 0 aliphatic carbocycles. The maximum absolute atomic E-state index is 12.8. The predicted octanol–water partition coefficient (Wildman–Crippen LogP) is 3.73. The van der Waals surface area contributed by atoms with E-state index in [1.54, 1.807) is 11.4 Å². The SMILES string of the molecule is CCOc1ccc(C(NC(=O)C(C)NS(=O)(=O)c2cccs2)C(C)C)cc1OCC. The smallest absolute Gasteiger partial charge is 0.250 e. The Morgan fingerprint density at radius 2 is 1.73 bits per heavy atom. The van der Waals surface area contributed by atoms with Crippen LogP contribution in [0, 0.1) is 5.92 Å². The summed E-state index contributed by atoms with van der Waals surface area (Å²) < 4.78 is 38.7. The molecule has 0 bridgehead atoms. The highest BCUT2D eigenvalue weighted by atomic mass is 32.2. The minimum absolute atomic E-state index is 0.0717. The van der Waals surface area contributed by atoms with E-state index >= 15 is 0 Å². The zero-order valence-corrected chi connectivity index (χ0v) is 19.6. The fraction of sp³-hybridized carbons (Fsp3) is 0.476. The highest BCUT2D eigenvalue weighted by molar-refractivity contribution is 7.91. The minimum atomic E-state index is -3.74. The molecule has 0 fully saturated rings. The van der Waals surface area contributed by atoms with E-state index in [0.717, 1.165) is 16.9 Å². The number of carbonyl (C=O) groups excluding carboxylic acids is 1. The molecule has 0 saturated heterocycles. The Hall–Kier alpha value is -2.10. The van der Waals surface area contributed by atoms with Crippen molar-refractivity contribution in [2.24, 2.45) is 5.92 Å². The van der Waals surface area contributed by atoms with Crippen molar-refractivity contribution in [3.8, 4) is 11.5 Å². The average molecular weight is 455 g/mol. The minimum Gasteiger partial charge on any atom is -0.490 e. The molecule has 1 amide bonds. The van der Waals surface area contributed by atoms with Gasteiger partial charge in [0, 0.05) is 0 Å². The first-order valence-electron chi connectivity index (χ1n) is 9.95. The fourth-order valence-corrected chi connectivity index (χ4v) is 5.15. The molecular weight excluding hydrogens is 424 g/mol. The lowest BCUT2D eigenvalue weighted by Gasteiger charge is -2.26. The van der Waals surface area contributed by atoms with Gasteiger partial charge in [0.2, 0.25) is 5.91 Å². The number of sulfonamides is 1. The summed E-state index contributed by atoms with van der Waals surface area (Å²) in [5.41, 5.74) is 0.860. The van der Waals surface area contributed by atoms with Crippen molar-refractivity contribution >= 4 is 27.3 Å². The molecular formula is C21H30N2O5S2. The van der Waals surface area contributed by atoms with Crippen molar-refractivity contribution in [3.63, 3.8) is 0 Å². The van der Waals surface area contributed by atoms with E-state index in [2.05, 4.69) is 10.0 Å². The van der Waals surface area contributed by atoms with Crippen molar-refractivity contribution in [2.75, 3.05) is 13.2 Å². The standard InChI is InChI=1S/C21H30N2O5S2/c1-6-27-17-11-10-16(13-18(17)28-7-2)20(14(3)4)22-21(24)15(5)23-30(25,26)19-9-8-12-29-19/h8-15,20,23H,6-7H2,1-5H3,(H,22,24). The number of benzene rings is 1. The van der Waals surface area contributed by atoms with Gasteiger partial charge >= 0.3 is 0 Å². The Morgan fingerprint density at radius 1 is 1.07 bits per heavy atom. The van der Waals surface area contributed by atoms with Crippen LogP contribution in [0.15, 0.2) is 39.9 Å². The molecule has 2 N–H and O–H groups in total. The molecule has 166 valence electrons. The lowest BCUT2D eigenvalue weighted by molar-refractivity contribution is -0.123. The Bertz CT molecular complexity index is 927.